The van der Waals surface area contributed by atoms with E-state index in [2.05, 4.69) is 9.47 Å². The second-order valence-corrected chi connectivity index (χ2v) is 4.51. The van der Waals surface area contributed by atoms with E-state index in [0.717, 1.165) is 0 Å². The number of carbonyl (C=O) groups is 1. The first-order chi connectivity index (χ1) is 9.91. The van der Waals surface area contributed by atoms with Gasteiger partial charge in [0.1, 0.15) is 0 Å². The number of alkyl halides is 2. The van der Waals surface area contributed by atoms with Gasteiger partial charge in [0.25, 0.3) is 0 Å². The third-order valence-corrected chi connectivity index (χ3v) is 2.87. The van der Waals surface area contributed by atoms with Crippen molar-refractivity contribution in [2.24, 2.45) is 0 Å². The number of ether oxygens (including phenoxy) is 3. The summed E-state index contributed by atoms with van der Waals surface area (Å²) in [5.41, 5.74) is 0.432. The quantitative estimate of drug-likeness (QED) is 0.824. The molecular weight excluding hydrogens is 288 g/mol. The highest BCUT2D eigenvalue weighted by Gasteiger charge is 2.44. The molecule has 1 N–H and O–H groups in total. The molecule has 0 saturated heterocycles. The van der Waals surface area contributed by atoms with Gasteiger partial charge in [-0.05, 0) is 6.07 Å². The van der Waals surface area contributed by atoms with E-state index in [-0.39, 0.29) is 24.6 Å². The van der Waals surface area contributed by atoms with Gasteiger partial charge in [0.05, 0.1) is 13.2 Å². The molecule has 1 heterocycles. The normalized spacial score (nSPS) is 15.4. The molecule has 8 heteroatoms. The van der Waals surface area contributed by atoms with Crippen LogP contribution in [0.3, 0.4) is 0 Å². The van der Waals surface area contributed by atoms with Gasteiger partial charge in [-0.1, -0.05) is 12.1 Å². The zero-order valence-corrected chi connectivity index (χ0v) is 11.3. The summed E-state index contributed by atoms with van der Waals surface area (Å²) in [5, 5.41) is 8.88. The largest absolute Gasteiger partial charge is 0.586 e. The van der Waals surface area contributed by atoms with Crippen molar-refractivity contribution in [1.82, 2.24) is 4.90 Å². The number of hydrogen-bond donors (Lipinski definition) is 1. The van der Waals surface area contributed by atoms with Crippen molar-refractivity contribution in [2.75, 3.05) is 26.8 Å². The molecule has 1 aliphatic heterocycles. The van der Waals surface area contributed by atoms with Crippen LogP contribution in [-0.2, 0) is 16.1 Å². The monoisotopic (exact) mass is 303 g/mol. The minimum absolute atomic E-state index is 0.0560. The van der Waals surface area contributed by atoms with Gasteiger partial charge in [0.2, 0.25) is 0 Å². The lowest BCUT2D eigenvalue weighted by Gasteiger charge is -2.20. The van der Waals surface area contributed by atoms with Crippen LogP contribution in [0.1, 0.15) is 5.56 Å². The number of benzene rings is 1. The molecule has 0 fully saturated rings. The summed E-state index contributed by atoms with van der Waals surface area (Å²) in [6.45, 7) is 0.585. The maximum Gasteiger partial charge on any atom is 0.586 e. The molecule has 0 unspecified atom stereocenters. The van der Waals surface area contributed by atoms with Crippen LogP contribution < -0.4 is 9.47 Å². The molecule has 0 bridgehead atoms. The van der Waals surface area contributed by atoms with Crippen LogP contribution in [0.15, 0.2) is 18.2 Å². The number of rotatable bonds is 7. The number of methoxy groups -OCH3 is 1. The Labute approximate surface area is 119 Å². The molecule has 21 heavy (non-hydrogen) atoms. The number of carboxylic acids is 1. The van der Waals surface area contributed by atoms with Crippen LogP contribution in [0.2, 0.25) is 0 Å². The molecule has 0 aliphatic carbocycles. The van der Waals surface area contributed by atoms with Crippen molar-refractivity contribution < 1.29 is 32.9 Å². The van der Waals surface area contributed by atoms with Crippen LogP contribution in [-0.4, -0.2) is 49.1 Å². The SMILES string of the molecule is COCCN(CC(=O)O)Cc1cccc2c1OC(F)(F)O2. The summed E-state index contributed by atoms with van der Waals surface area (Å²) in [6, 6.07) is 4.51. The lowest BCUT2D eigenvalue weighted by atomic mass is 10.1. The highest BCUT2D eigenvalue weighted by molar-refractivity contribution is 5.69. The van der Waals surface area contributed by atoms with Crippen LogP contribution in [0.4, 0.5) is 8.78 Å². The molecule has 0 saturated carbocycles. The van der Waals surface area contributed by atoms with Crippen LogP contribution in [0.5, 0.6) is 11.5 Å². The minimum Gasteiger partial charge on any atom is -0.480 e. The first-order valence-electron chi connectivity index (χ1n) is 6.22. The van der Waals surface area contributed by atoms with E-state index in [0.29, 0.717) is 18.7 Å². The standard InChI is InChI=1S/C13H15F2NO5/c1-19-6-5-16(8-11(17)18)7-9-3-2-4-10-12(9)21-13(14,15)20-10/h2-4H,5-8H2,1H3,(H,17,18). The van der Waals surface area contributed by atoms with Crippen molar-refractivity contribution in [3.8, 4) is 11.5 Å². The Morgan fingerprint density at radius 2 is 2.19 bits per heavy atom. The summed E-state index contributed by atoms with van der Waals surface area (Å²) in [4.78, 5) is 12.4. The van der Waals surface area contributed by atoms with Crippen LogP contribution >= 0.6 is 0 Å². The second kappa shape index (κ2) is 6.23. The predicted octanol–water partition coefficient (Wildman–Crippen LogP) is 1.54. The minimum atomic E-state index is -3.69. The molecule has 0 atom stereocenters. The molecule has 6 nitrogen and oxygen atoms in total. The van der Waals surface area contributed by atoms with Crippen molar-refractivity contribution in [3.05, 3.63) is 23.8 Å². The number of carboxylic acid groups (broad SMARTS) is 1. The zero-order chi connectivity index (χ0) is 15.5. The van der Waals surface area contributed by atoms with Gasteiger partial charge >= 0.3 is 12.3 Å². The third kappa shape index (κ3) is 4.02. The van der Waals surface area contributed by atoms with Crippen molar-refractivity contribution in [2.45, 2.75) is 12.8 Å². The highest BCUT2D eigenvalue weighted by atomic mass is 19.3. The van der Waals surface area contributed by atoms with Crippen LogP contribution in [0.25, 0.3) is 0 Å². The smallest absolute Gasteiger partial charge is 0.480 e. The van der Waals surface area contributed by atoms with Gasteiger partial charge in [-0.15, -0.1) is 8.78 Å². The summed E-state index contributed by atoms with van der Waals surface area (Å²) in [6.07, 6.45) is -3.69. The molecule has 0 spiro atoms. The molecule has 1 aliphatic rings. The predicted molar refractivity (Wildman–Crippen MR) is 67.4 cm³/mol. The Balaban J connectivity index is 2.14. The first-order valence-corrected chi connectivity index (χ1v) is 6.22. The number of fused-ring (bicyclic) bond motifs is 1. The lowest BCUT2D eigenvalue weighted by Crippen LogP contribution is -2.32. The number of hydrogen-bond acceptors (Lipinski definition) is 5. The molecular formula is C13H15F2NO5. The fraction of sp³-hybridized carbons (Fsp3) is 0.462. The lowest BCUT2D eigenvalue weighted by molar-refractivity contribution is -0.287. The molecule has 0 amide bonds. The van der Waals surface area contributed by atoms with Gasteiger partial charge in [-0.2, -0.15) is 0 Å². The average Bonchev–Trinajstić information content (AvgIpc) is 2.70. The van der Waals surface area contributed by atoms with E-state index < -0.39 is 12.3 Å². The summed E-state index contributed by atoms with van der Waals surface area (Å²) >= 11 is 0. The topological polar surface area (TPSA) is 68.2 Å². The number of para-hydroxylation sites is 1. The van der Waals surface area contributed by atoms with E-state index in [1.807, 2.05) is 0 Å². The van der Waals surface area contributed by atoms with Gasteiger partial charge in [-0.25, -0.2) is 0 Å². The second-order valence-electron chi connectivity index (χ2n) is 4.51. The Kier molecular flexibility index (Phi) is 4.59. The Hall–Kier alpha value is -1.93. The maximum absolute atomic E-state index is 13.1. The molecule has 2 rings (SSSR count). The third-order valence-electron chi connectivity index (χ3n) is 2.87. The molecule has 1 aromatic rings. The van der Waals surface area contributed by atoms with Crippen molar-refractivity contribution >= 4 is 5.97 Å². The van der Waals surface area contributed by atoms with E-state index >= 15 is 0 Å². The molecule has 116 valence electrons. The Bertz CT molecular complexity index is 523. The Morgan fingerprint density at radius 1 is 1.43 bits per heavy atom. The summed E-state index contributed by atoms with van der Waals surface area (Å²) in [7, 11) is 1.50. The molecule has 0 aromatic heterocycles. The highest BCUT2D eigenvalue weighted by Crippen LogP contribution is 2.43. The van der Waals surface area contributed by atoms with Gasteiger partial charge in [0.15, 0.2) is 11.5 Å². The van der Waals surface area contributed by atoms with Crippen LogP contribution in [0, 0.1) is 0 Å². The molecule has 0 radical (unpaired) electrons. The van der Waals surface area contributed by atoms with Crippen molar-refractivity contribution in [1.29, 1.82) is 0 Å². The fourth-order valence-electron chi connectivity index (χ4n) is 2.02. The number of aliphatic carboxylic acids is 1. The summed E-state index contributed by atoms with van der Waals surface area (Å²) < 4.78 is 39.9. The summed E-state index contributed by atoms with van der Waals surface area (Å²) in [5.74, 6) is -1.13. The van der Waals surface area contributed by atoms with Gasteiger partial charge in [-0.3, -0.25) is 9.69 Å². The maximum atomic E-state index is 13.1. The van der Waals surface area contributed by atoms with E-state index in [1.165, 1.54) is 13.2 Å². The number of nitrogens with zero attached hydrogens (tertiary/aromatic N) is 1. The van der Waals surface area contributed by atoms with E-state index in [4.69, 9.17) is 9.84 Å². The average molecular weight is 303 g/mol. The van der Waals surface area contributed by atoms with Crippen molar-refractivity contribution in [3.63, 3.8) is 0 Å². The first kappa shape index (κ1) is 15.5. The Morgan fingerprint density at radius 3 is 2.86 bits per heavy atom. The molecule has 1 aromatic carbocycles. The van der Waals surface area contributed by atoms with Gasteiger partial charge < -0.3 is 19.3 Å². The van der Waals surface area contributed by atoms with E-state index in [1.54, 1.807) is 17.0 Å². The zero-order valence-electron chi connectivity index (χ0n) is 11.3. The number of halogens is 2. The fourth-order valence-corrected chi connectivity index (χ4v) is 2.02. The van der Waals surface area contributed by atoms with Gasteiger partial charge in [0, 0.05) is 25.8 Å². The van der Waals surface area contributed by atoms with E-state index in [9.17, 15) is 13.6 Å².